The molecule has 3 aromatic rings. The first kappa shape index (κ1) is 52.2. The Morgan fingerprint density at radius 3 is 1.56 bits per heavy atom. The van der Waals surface area contributed by atoms with Gasteiger partial charge >= 0.3 is 6.09 Å². The molecule has 0 unspecified atom stereocenters. The molecule has 2 heterocycles. The number of nitrogens with one attached hydrogen (secondary N) is 1. The number of rotatable bonds is 19. The highest BCUT2D eigenvalue weighted by Crippen LogP contribution is 2.29. The minimum Gasteiger partial charge on any atom is -0.444 e. The summed E-state index contributed by atoms with van der Waals surface area (Å²) in [5, 5.41) is 3.05. The van der Waals surface area contributed by atoms with Gasteiger partial charge in [0.05, 0.1) is 0 Å². The van der Waals surface area contributed by atoms with Crippen LogP contribution in [0.25, 0.3) is 0 Å². The zero-order chi connectivity index (χ0) is 48.2. The van der Waals surface area contributed by atoms with Crippen LogP contribution in [0.1, 0.15) is 124 Å². The van der Waals surface area contributed by atoms with Gasteiger partial charge in [-0.25, -0.2) is 4.79 Å². The molecule has 2 aliphatic heterocycles. The maximum atomic E-state index is 14.6. The quantitative estimate of drug-likeness (QED) is 0.128. The average molecular weight is 907 g/mol. The molecule has 0 saturated carbocycles. The van der Waals surface area contributed by atoms with Crippen LogP contribution in [0, 0.1) is 10.8 Å². The minimum absolute atomic E-state index is 0.0141. The zero-order valence-corrected chi connectivity index (χ0v) is 42.3. The molecule has 4 amide bonds. The monoisotopic (exact) mass is 907 g/mol. The highest BCUT2D eigenvalue weighted by Gasteiger charge is 2.41. The lowest BCUT2D eigenvalue weighted by Gasteiger charge is -2.38. The van der Waals surface area contributed by atoms with Crippen LogP contribution in [0.15, 0.2) is 84.9 Å². The summed E-state index contributed by atoms with van der Waals surface area (Å²) < 4.78 is 5.51. The van der Waals surface area contributed by atoms with Gasteiger partial charge in [-0.1, -0.05) is 126 Å². The Kier molecular flexibility index (Phi) is 18.5. The second-order valence-electron chi connectivity index (χ2n) is 22.3. The van der Waals surface area contributed by atoms with E-state index < -0.39 is 35.1 Å². The number of carbonyl (C=O) groups is 4. The van der Waals surface area contributed by atoms with Crippen LogP contribution in [-0.4, -0.2) is 124 Å². The third kappa shape index (κ3) is 16.2. The number of carbonyl (C=O) groups excluding carboxylic acids is 4. The van der Waals surface area contributed by atoms with Gasteiger partial charge in [-0.2, -0.15) is 0 Å². The summed E-state index contributed by atoms with van der Waals surface area (Å²) in [5.41, 5.74) is 3.75. The van der Waals surface area contributed by atoms with Gasteiger partial charge in [0.1, 0.15) is 17.7 Å². The zero-order valence-electron chi connectivity index (χ0n) is 42.3. The predicted octanol–water partition coefficient (Wildman–Crippen LogP) is 8.98. The lowest BCUT2D eigenvalue weighted by atomic mass is 9.85. The summed E-state index contributed by atoms with van der Waals surface area (Å²) in [6, 6.07) is 28.9. The summed E-state index contributed by atoms with van der Waals surface area (Å²) in [4.78, 5) is 65.0. The van der Waals surface area contributed by atoms with Gasteiger partial charge in [-0.15, -0.1) is 0 Å². The fraction of sp³-hybridized carbons (Fsp3) is 0.600. The Bertz CT molecular complexity index is 2010. The van der Waals surface area contributed by atoms with Gasteiger partial charge in [0, 0.05) is 77.9 Å². The highest BCUT2D eigenvalue weighted by atomic mass is 16.6. The van der Waals surface area contributed by atoms with Crippen LogP contribution in [0.4, 0.5) is 4.79 Å². The second kappa shape index (κ2) is 23.3. The van der Waals surface area contributed by atoms with E-state index in [1.54, 1.807) is 34.7 Å². The largest absolute Gasteiger partial charge is 0.444 e. The standard InChI is InChI=1S/C55H82N6O5/c1-41(57(11)52(65)66-55(8,9)10)50(63)56-49(54(5,6)7)51(64)61-33-19-25-47(61)40-59(35-31-43-22-16-13-17-23-43)38-45-28-26-44(27-29-45)37-58(34-30-42-20-14-12-15-21-42)39-46-24-18-32-60(46)48(62)36-53(2,3)4/h12-17,20-23,26-29,41,46-47,49H,18-19,24-25,30-40H2,1-11H3,(H,56,63)/t41-,46-,47-,49+/m0/s1. The summed E-state index contributed by atoms with van der Waals surface area (Å²) >= 11 is 0. The number of nitrogens with zero attached hydrogens (tertiary/aromatic N) is 5. The Labute approximate surface area is 397 Å². The van der Waals surface area contributed by atoms with Crippen LogP contribution in [0.2, 0.25) is 0 Å². The molecule has 11 heteroatoms. The van der Waals surface area contributed by atoms with Crippen molar-refractivity contribution in [2.45, 2.75) is 157 Å². The molecule has 0 radical (unpaired) electrons. The smallest absolute Gasteiger partial charge is 0.410 e. The molecule has 0 aromatic heterocycles. The molecule has 66 heavy (non-hydrogen) atoms. The van der Waals surface area contributed by atoms with Crippen molar-refractivity contribution in [2.75, 3.05) is 46.3 Å². The molecule has 5 rings (SSSR count). The summed E-state index contributed by atoms with van der Waals surface area (Å²) in [7, 11) is 1.55. The number of hydrogen-bond acceptors (Lipinski definition) is 7. The van der Waals surface area contributed by atoms with E-state index >= 15 is 0 Å². The maximum absolute atomic E-state index is 14.6. The van der Waals surface area contributed by atoms with Crippen LogP contribution in [-0.2, 0) is 45.1 Å². The molecule has 2 aliphatic rings. The maximum Gasteiger partial charge on any atom is 0.410 e. The SMILES string of the molecule is C[C@@H](C(=O)N[C@H](C(=O)N1CCC[C@H]1CN(CCc1ccccc1)Cc1ccc(CN(CCc2ccccc2)C[C@@H]2CCCN2C(=O)CC(C)(C)C)cc1)C(C)(C)C)N(C)C(=O)OC(C)(C)C. The Morgan fingerprint density at radius 1 is 0.667 bits per heavy atom. The van der Waals surface area contributed by atoms with E-state index in [2.05, 4.69) is 120 Å². The molecule has 1 N–H and O–H groups in total. The van der Waals surface area contributed by atoms with Gasteiger partial charge in [-0.05, 0) is 99.3 Å². The van der Waals surface area contributed by atoms with Gasteiger partial charge in [0.2, 0.25) is 17.7 Å². The lowest BCUT2D eigenvalue weighted by Crippen LogP contribution is -2.59. The van der Waals surface area contributed by atoms with E-state index in [4.69, 9.17) is 4.74 Å². The fourth-order valence-electron chi connectivity index (χ4n) is 9.17. The molecule has 0 aliphatic carbocycles. The van der Waals surface area contributed by atoms with E-state index in [1.807, 2.05) is 31.7 Å². The van der Waals surface area contributed by atoms with Crippen LogP contribution in [0.5, 0.6) is 0 Å². The van der Waals surface area contributed by atoms with Crippen molar-refractivity contribution in [3.8, 4) is 0 Å². The van der Waals surface area contributed by atoms with Crippen molar-refractivity contribution in [1.82, 2.24) is 29.8 Å². The van der Waals surface area contributed by atoms with Crippen molar-refractivity contribution < 1.29 is 23.9 Å². The predicted molar refractivity (Wildman–Crippen MR) is 266 cm³/mol. The first-order chi connectivity index (χ1) is 31.1. The summed E-state index contributed by atoms with van der Waals surface area (Å²) in [6.45, 7) is 25.7. The number of hydrogen-bond donors (Lipinski definition) is 1. The van der Waals surface area contributed by atoms with Crippen molar-refractivity contribution >= 4 is 23.8 Å². The van der Waals surface area contributed by atoms with E-state index in [9.17, 15) is 19.2 Å². The lowest BCUT2D eigenvalue weighted by molar-refractivity contribution is -0.141. The van der Waals surface area contributed by atoms with Crippen LogP contribution < -0.4 is 5.32 Å². The average Bonchev–Trinajstić information content (AvgIpc) is 3.92. The van der Waals surface area contributed by atoms with Gasteiger partial charge < -0.3 is 19.9 Å². The molecule has 0 bridgehead atoms. The van der Waals surface area contributed by atoms with Crippen molar-refractivity contribution in [3.05, 3.63) is 107 Å². The molecule has 362 valence electrons. The van der Waals surface area contributed by atoms with Gasteiger partial charge in [0.15, 0.2) is 0 Å². The van der Waals surface area contributed by atoms with Crippen LogP contribution in [0.3, 0.4) is 0 Å². The number of ether oxygens (including phenoxy) is 1. The van der Waals surface area contributed by atoms with E-state index in [0.29, 0.717) is 19.5 Å². The minimum atomic E-state index is -0.837. The Balaban J connectivity index is 1.29. The van der Waals surface area contributed by atoms with Crippen molar-refractivity contribution in [2.24, 2.45) is 10.8 Å². The molecular formula is C55H82N6O5. The number of amides is 4. The third-order valence-electron chi connectivity index (χ3n) is 13.0. The van der Waals surface area contributed by atoms with Gasteiger partial charge in [-0.3, -0.25) is 29.1 Å². The highest BCUT2D eigenvalue weighted by molar-refractivity contribution is 5.91. The summed E-state index contributed by atoms with van der Waals surface area (Å²) in [5.74, 6) is -0.213. The molecule has 2 saturated heterocycles. The molecular weight excluding hydrogens is 825 g/mol. The third-order valence-corrected chi connectivity index (χ3v) is 13.0. The number of benzene rings is 3. The number of likely N-dealkylation sites (tertiary alicyclic amines) is 2. The van der Waals surface area contributed by atoms with Crippen molar-refractivity contribution in [1.29, 1.82) is 0 Å². The molecule has 3 aromatic carbocycles. The van der Waals surface area contributed by atoms with Gasteiger partial charge in [0.25, 0.3) is 0 Å². The van der Waals surface area contributed by atoms with Crippen LogP contribution >= 0.6 is 0 Å². The molecule has 0 spiro atoms. The first-order valence-electron chi connectivity index (χ1n) is 24.5. The molecule has 4 atom stereocenters. The summed E-state index contributed by atoms with van der Waals surface area (Å²) in [6.07, 6.45) is 5.68. The number of likely N-dealkylation sites (N-methyl/N-ethyl adjacent to an activating group) is 1. The van der Waals surface area contributed by atoms with E-state index in [0.717, 1.165) is 77.8 Å². The fourth-order valence-corrected chi connectivity index (χ4v) is 9.17. The second-order valence-corrected chi connectivity index (χ2v) is 22.3. The topological polar surface area (TPSA) is 106 Å². The Morgan fingerprint density at radius 2 is 1.12 bits per heavy atom. The van der Waals surface area contributed by atoms with E-state index in [1.165, 1.54) is 27.2 Å². The molecule has 2 fully saturated rings. The molecule has 11 nitrogen and oxygen atoms in total. The normalized spacial score (nSPS) is 17.8. The first-order valence-corrected chi connectivity index (χ1v) is 24.5. The Hall–Kier alpha value is -4.74. The van der Waals surface area contributed by atoms with E-state index in [-0.39, 0.29) is 29.3 Å². The van der Waals surface area contributed by atoms with Crippen molar-refractivity contribution in [3.63, 3.8) is 0 Å².